The van der Waals surface area contributed by atoms with Gasteiger partial charge in [-0.25, -0.2) is 0 Å². The number of hydrogen-bond donors (Lipinski definition) is 1. The molecule has 0 radical (unpaired) electrons. The minimum atomic E-state index is 0.766. The fraction of sp³-hybridized carbons (Fsp3) is 0.438. The SMILES string of the molecule is CCCNCc1ccc(Cn2nc(C)c(Cl)c2C)cc1. The molecule has 0 saturated heterocycles. The lowest BCUT2D eigenvalue weighted by atomic mass is 10.1. The number of aromatic nitrogens is 2. The van der Waals surface area contributed by atoms with Gasteiger partial charge in [-0.15, -0.1) is 0 Å². The largest absolute Gasteiger partial charge is 0.313 e. The summed E-state index contributed by atoms with van der Waals surface area (Å²) in [6.45, 7) is 8.88. The quantitative estimate of drug-likeness (QED) is 0.823. The molecule has 1 N–H and O–H groups in total. The first-order valence-corrected chi connectivity index (χ1v) is 7.47. The molecular weight excluding hydrogens is 270 g/mol. The molecule has 2 aromatic rings. The summed E-state index contributed by atoms with van der Waals surface area (Å²) in [5.74, 6) is 0. The van der Waals surface area contributed by atoms with E-state index in [0.29, 0.717) is 0 Å². The van der Waals surface area contributed by atoms with Crippen LogP contribution in [0.5, 0.6) is 0 Å². The van der Waals surface area contributed by atoms with Crippen molar-refractivity contribution < 1.29 is 0 Å². The highest BCUT2D eigenvalue weighted by Gasteiger charge is 2.09. The molecule has 1 heterocycles. The van der Waals surface area contributed by atoms with E-state index < -0.39 is 0 Å². The van der Waals surface area contributed by atoms with Gasteiger partial charge in [0.05, 0.1) is 23.0 Å². The Morgan fingerprint density at radius 3 is 2.35 bits per heavy atom. The van der Waals surface area contributed by atoms with E-state index in [2.05, 4.69) is 41.6 Å². The Labute approximate surface area is 126 Å². The monoisotopic (exact) mass is 291 g/mol. The van der Waals surface area contributed by atoms with Gasteiger partial charge >= 0.3 is 0 Å². The van der Waals surface area contributed by atoms with Crippen molar-refractivity contribution in [2.45, 2.75) is 40.3 Å². The summed E-state index contributed by atoms with van der Waals surface area (Å²) in [5, 5.41) is 8.63. The fourth-order valence-electron chi connectivity index (χ4n) is 2.17. The molecule has 0 unspecified atom stereocenters. The maximum atomic E-state index is 6.17. The summed E-state index contributed by atoms with van der Waals surface area (Å²) >= 11 is 6.17. The molecule has 1 aromatic carbocycles. The molecule has 0 aliphatic rings. The van der Waals surface area contributed by atoms with Crippen molar-refractivity contribution in [3.05, 3.63) is 51.8 Å². The van der Waals surface area contributed by atoms with Gasteiger partial charge in [-0.2, -0.15) is 5.10 Å². The second kappa shape index (κ2) is 6.91. The summed E-state index contributed by atoms with van der Waals surface area (Å²) in [6.07, 6.45) is 1.16. The van der Waals surface area contributed by atoms with Crippen molar-refractivity contribution in [3.63, 3.8) is 0 Å². The Morgan fingerprint density at radius 1 is 1.15 bits per heavy atom. The highest BCUT2D eigenvalue weighted by atomic mass is 35.5. The van der Waals surface area contributed by atoms with Gasteiger partial charge in [0.15, 0.2) is 0 Å². The highest BCUT2D eigenvalue weighted by Crippen LogP contribution is 2.19. The van der Waals surface area contributed by atoms with Crippen LogP contribution in [-0.4, -0.2) is 16.3 Å². The second-order valence-electron chi connectivity index (χ2n) is 5.14. The number of hydrogen-bond acceptors (Lipinski definition) is 2. The Kier molecular flexibility index (Phi) is 5.21. The van der Waals surface area contributed by atoms with Crippen LogP contribution in [-0.2, 0) is 13.1 Å². The molecule has 0 amide bonds. The maximum absolute atomic E-state index is 6.17. The molecule has 0 aliphatic carbocycles. The van der Waals surface area contributed by atoms with Gasteiger partial charge in [0.1, 0.15) is 0 Å². The van der Waals surface area contributed by atoms with Gasteiger partial charge in [0, 0.05) is 6.54 Å². The van der Waals surface area contributed by atoms with Crippen LogP contribution in [0.4, 0.5) is 0 Å². The topological polar surface area (TPSA) is 29.9 Å². The smallest absolute Gasteiger partial charge is 0.0844 e. The number of rotatable bonds is 6. The zero-order chi connectivity index (χ0) is 14.5. The second-order valence-corrected chi connectivity index (χ2v) is 5.51. The molecule has 0 bridgehead atoms. The fourth-order valence-corrected chi connectivity index (χ4v) is 2.31. The third kappa shape index (κ3) is 3.62. The first kappa shape index (κ1) is 15.1. The van der Waals surface area contributed by atoms with Crippen molar-refractivity contribution in [1.82, 2.24) is 15.1 Å². The Balaban J connectivity index is 2.01. The van der Waals surface area contributed by atoms with Crippen molar-refractivity contribution >= 4 is 11.6 Å². The summed E-state index contributed by atoms with van der Waals surface area (Å²) in [5.41, 5.74) is 4.47. The first-order valence-electron chi connectivity index (χ1n) is 7.10. The zero-order valence-corrected chi connectivity index (χ0v) is 13.2. The van der Waals surface area contributed by atoms with E-state index in [1.807, 2.05) is 18.5 Å². The minimum Gasteiger partial charge on any atom is -0.313 e. The molecule has 0 aliphatic heterocycles. The van der Waals surface area contributed by atoms with E-state index >= 15 is 0 Å². The molecule has 0 spiro atoms. The standard InChI is InChI=1S/C16H22ClN3/c1-4-9-18-10-14-5-7-15(8-6-14)11-20-13(3)16(17)12(2)19-20/h5-8,18H,4,9-11H2,1-3H3. The average molecular weight is 292 g/mol. The van der Waals surface area contributed by atoms with Crippen molar-refractivity contribution in [2.75, 3.05) is 6.54 Å². The van der Waals surface area contributed by atoms with Crippen LogP contribution >= 0.6 is 11.6 Å². The van der Waals surface area contributed by atoms with Gasteiger partial charge in [-0.1, -0.05) is 42.8 Å². The van der Waals surface area contributed by atoms with Crippen molar-refractivity contribution in [2.24, 2.45) is 0 Å². The van der Waals surface area contributed by atoms with E-state index in [-0.39, 0.29) is 0 Å². The van der Waals surface area contributed by atoms with E-state index in [9.17, 15) is 0 Å². The van der Waals surface area contributed by atoms with E-state index in [1.165, 1.54) is 11.1 Å². The molecule has 0 atom stereocenters. The normalized spacial score (nSPS) is 11.0. The number of halogens is 1. The molecule has 2 rings (SSSR count). The average Bonchev–Trinajstić information content (AvgIpc) is 2.69. The van der Waals surface area contributed by atoms with Gasteiger partial charge < -0.3 is 5.32 Å². The number of benzene rings is 1. The van der Waals surface area contributed by atoms with Gasteiger partial charge in [-0.3, -0.25) is 4.68 Å². The highest BCUT2D eigenvalue weighted by molar-refractivity contribution is 6.31. The van der Waals surface area contributed by atoms with Crippen LogP contribution in [0.25, 0.3) is 0 Å². The molecule has 4 heteroatoms. The molecule has 1 aromatic heterocycles. The lowest BCUT2D eigenvalue weighted by Crippen LogP contribution is -2.13. The van der Waals surface area contributed by atoms with E-state index in [1.54, 1.807) is 0 Å². The third-order valence-electron chi connectivity index (χ3n) is 3.40. The molecule has 0 saturated carbocycles. The van der Waals surface area contributed by atoms with Crippen LogP contribution in [0.1, 0.15) is 35.9 Å². The molecule has 0 fully saturated rings. The van der Waals surface area contributed by atoms with Gasteiger partial charge in [0.25, 0.3) is 0 Å². The number of aryl methyl sites for hydroxylation is 1. The number of nitrogens with one attached hydrogen (secondary N) is 1. The number of nitrogens with zero attached hydrogens (tertiary/aromatic N) is 2. The predicted octanol–water partition coefficient (Wildman–Crippen LogP) is 3.70. The van der Waals surface area contributed by atoms with Crippen LogP contribution in [0, 0.1) is 13.8 Å². The summed E-state index contributed by atoms with van der Waals surface area (Å²) < 4.78 is 1.96. The molecule has 108 valence electrons. The Morgan fingerprint density at radius 2 is 1.80 bits per heavy atom. The summed E-state index contributed by atoms with van der Waals surface area (Å²) in [6, 6.07) is 8.66. The maximum Gasteiger partial charge on any atom is 0.0844 e. The molecule has 20 heavy (non-hydrogen) atoms. The third-order valence-corrected chi connectivity index (χ3v) is 3.95. The zero-order valence-electron chi connectivity index (χ0n) is 12.4. The molecular formula is C16H22ClN3. The van der Waals surface area contributed by atoms with E-state index in [0.717, 1.165) is 42.5 Å². The van der Waals surface area contributed by atoms with Crippen molar-refractivity contribution in [1.29, 1.82) is 0 Å². The lowest BCUT2D eigenvalue weighted by molar-refractivity contribution is 0.657. The first-order chi connectivity index (χ1) is 9.61. The van der Waals surface area contributed by atoms with Crippen LogP contribution < -0.4 is 5.32 Å². The summed E-state index contributed by atoms with van der Waals surface area (Å²) in [7, 11) is 0. The van der Waals surface area contributed by atoms with Crippen LogP contribution in [0.3, 0.4) is 0 Å². The summed E-state index contributed by atoms with van der Waals surface area (Å²) in [4.78, 5) is 0. The molecule has 3 nitrogen and oxygen atoms in total. The van der Waals surface area contributed by atoms with Gasteiger partial charge in [0.2, 0.25) is 0 Å². The Hall–Kier alpha value is -1.32. The lowest BCUT2D eigenvalue weighted by Gasteiger charge is -2.07. The van der Waals surface area contributed by atoms with Crippen LogP contribution in [0.15, 0.2) is 24.3 Å². The van der Waals surface area contributed by atoms with Crippen LogP contribution in [0.2, 0.25) is 5.02 Å². The van der Waals surface area contributed by atoms with Gasteiger partial charge in [-0.05, 0) is 37.9 Å². The predicted molar refractivity (Wildman–Crippen MR) is 84.3 cm³/mol. The van der Waals surface area contributed by atoms with Crippen molar-refractivity contribution in [3.8, 4) is 0 Å². The van der Waals surface area contributed by atoms with E-state index in [4.69, 9.17) is 11.6 Å². The Bertz CT molecular complexity index is 558. The minimum absolute atomic E-state index is 0.766.